The summed E-state index contributed by atoms with van der Waals surface area (Å²) in [4.78, 5) is 0. The van der Waals surface area contributed by atoms with Crippen LogP contribution in [-0.4, -0.2) is 14.8 Å². The Morgan fingerprint density at radius 1 is 1.11 bits per heavy atom. The third kappa shape index (κ3) is 2.72. The van der Waals surface area contributed by atoms with Crippen LogP contribution in [0.15, 0.2) is 24.3 Å². The second-order valence-corrected chi connectivity index (χ2v) is 5.08. The summed E-state index contributed by atoms with van der Waals surface area (Å²) in [6, 6.07) is 8.59. The molecule has 0 N–H and O–H groups in total. The van der Waals surface area contributed by atoms with E-state index in [0.717, 1.165) is 18.8 Å². The van der Waals surface area contributed by atoms with Gasteiger partial charge in [0.25, 0.3) is 0 Å². The predicted octanol–water partition coefficient (Wildman–Crippen LogP) is 3.67. The minimum absolute atomic E-state index is 0.319. The number of rotatable bonds is 4. The van der Waals surface area contributed by atoms with Crippen molar-refractivity contribution >= 4 is 11.6 Å². The number of benzene rings is 1. The fourth-order valence-corrected chi connectivity index (χ4v) is 2.12. The highest BCUT2D eigenvalue weighted by molar-refractivity contribution is 6.28. The summed E-state index contributed by atoms with van der Waals surface area (Å²) >= 11 is 6.09. The number of halogens is 1. The molecule has 0 unspecified atom stereocenters. The summed E-state index contributed by atoms with van der Waals surface area (Å²) in [7, 11) is 0. The van der Waals surface area contributed by atoms with Crippen LogP contribution in [0.5, 0.6) is 0 Å². The van der Waals surface area contributed by atoms with E-state index in [1.165, 1.54) is 11.1 Å². The molecule has 18 heavy (non-hydrogen) atoms. The maximum absolute atomic E-state index is 6.09. The SMILES string of the molecule is CCc1ccc(Cn2c(Cl)nnc2C(C)C)cc1. The van der Waals surface area contributed by atoms with E-state index < -0.39 is 0 Å². The quantitative estimate of drug-likeness (QED) is 0.843. The third-order valence-corrected chi connectivity index (χ3v) is 3.30. The molecule has 4 heteroatoms. The van der Waals surface area contributed by atoms with E-state index in [2.05, 4.69) is 55.2 Å². The van der Waals surface area contributed by atoms with E-state index in [9.17, 15) is 0 Å². The Hall–Kier alpha value is -1.35. The van der Waals surface area contributed by atoms with Crippen molar-refractivity contribution in [2.45, 2.75) is 39.7 Å². The number of hydrogen-bond acceptors (Lipinski definition) is 2. The molecule has 0 atom stereocenters. The molecule has 2 aromatic rings. The summed E-state index contributed by atoms with van der Waals surface area (Å²) in [5.74, 6) is 1.25. The zero-order valence-electron chi connectivity index (χ0n) is 11.0. The van der Waals surface area contributed by atoms with Crippen molar-refractivity contribution in [1.82, 2.24) is 14.8 Å². The first-order valence-electron chi connectivity index (χ1n) is 6.28. The summed E-state index contributed by atoms with van der Waals surface area (Å²) in [5, 5.41) is 8.53. The Labute approximate surface area is 113 Å². The van der Waals surface area contributed by atoms with Gasteiger partial charge in [0.2, 0.25) is 5.28 Å². The lowest BCUT2D eigenvalue weighted by molar-refractivity contribution is 0.669. The number of aryl methyl sites for hydroxylation is 1. The van der Waals surface area contributed by atoms with Crippen LogP contribution >= 0.6 is 11.6 Å². The Kier molecular flexibility index (Phi) is 4.02. The van der Waals surface area contributed by atoms with Gasteiger partial charge < -0.3 is 0 Å². The minimum Gasteiger partial charge on any atom is -0.297 e. The van der Waals surface area contributed by atoms with Crippen LogP contribution in [0.2, 0.25) is 5.28 Å². The largest absolute Gasteiger partial charge is 0.297 e. The van der Waals surface area contributed by atoms with Crippen molar-refractivity contribution in [3.8, 4) is 0 Å². The lowest BCUT2D eigenvalue weighted by Crippen LogP contribution is -2.07. The van der Waals surface area contributed by atoms with Crippen LogP contribution in [0.4, 0.5) is 0 Å². The normalized spacial score (nSPS) is 11.2. The summed E-state index contributed by atoms with van der Waals surface area (Å²) in [6.07, 6.45) is 1.06. The van der Waals surface area contributed by atoms with Crippen LogP contribution in [0.1, 0.15) is 43.6 Å². The lowest BCUT2D eigenvalue weighted by atomic mass is 10.1. The van der Waals surface area contributed by atoms with Gasteiger partial charge in [-0.15, -0.1) is 10.2 Å². The van der Waals surface area contributed by atoms with Crippen molar-refractivity contribution in [3.05, 3.63) is 46.5 Å². The van der Waals surface area contributed by atoms with E-state index in [4.69, 9.17) is 11.6 Å². The van der Waals surface area contributed by atoms with Crippen molar-refractivity contribution in [2.75, 3.05) is 0 Å². The molecule has 1 aromatic heterocycles. The number of nitrogens with zero attached hydrogens (tertiary/aromatic N) is 3. The maximum Gasteiger partial charge on any atom is 0.225 e. The van der Waals surface area contributed by atoms with Gasteiger partial charge in [0.15, 0.2) is 0 Å². The molecule has 0 aliphatic rings. The minimum atomic E-state index is 0.319. The Balaban J connectivity index is 2.25. The Bertz CT molecular complexity index is 514. The first-order valence-corrected chi connectivity index (χ1v) is 6.66. The topological polar surface area (TPSA) is 30.7 Å². The molecular formula is C14H18ClN3. The van der Waals surface area contributed by atoms with E-state index >= 15 is 0 Å². The Morgan fingerprint density at radius 2 is 1.72 bits per heavy atom. The van der Waals surface area contributed by atoms with Crippen LogP contribution in [0.3, 0.4) is 0 Å². The average molecular weight is 264 g/mol. The van der Waals surface area contributed by atoms with Gasteiger partial charge in [-0.3, -0.25) is 4.57 Å². The molecule has 1 aromatic carbocycles. The zero-order valence-corrected chi connectivity index (χ0v) is 11.8. The molecule has 0 bridgehead atoms. The molecule has 0 saturated heterocycles. The van der Waals surface area contributed by atoms with E-state index in [0.29, 0.717) is 11.2 Å². The molecule has 0 aliphatic carbocycles. The van der Waals surface area contributed by atoms with Gasteiger partial charge in [-0.05, 0) is 29.1 Å². The third-order valence-electron chi connectivity index (χ3n) is 3.02. The molecule has 0 saturated carbocycles. The van der Waals surface area contributed by atoms with Crippen LogP contribution < -0.4 is 0 Å². The predicted molar refractivity (Wildman–Crippen MR) is 74.0 cm³/mol. The molecule has 0 fully saturated rings. The standard InChI is InChI=1S/C14H18ClN3/c1-4-11-5-7-12(8-6-11)9-18-13(10(2)3)16-17-14(18)15/h5-8,10H,4,9H2,1-3H3. The van der Waals surface area contributed by atoms with Crippen molar-refractivity contribution in [2.24, 2.45) is 0 Å². The van der Waals surface area contributed by atoms with E-state index in [1.807, 2.05) is 4.57 Å². The molecule has 1 heterocycles. The van der Waals surface area contributed by atoms with Gasteiger partial charge in [0.05, 0.1) is 6.54 Å². The van der Waals surface area contributed by atoms with Crippen molar-refractivity contribution < 1.29 is 0 Å². The monoisotopic (exact) mass is 263 g/mol. The summed E-state index contributed by atoms with van der Waals surface area (Å²) < 4.78 is 1.97. The van der Waals surface area contributed by atoms with Gasteiger partial charge in [0.1, 0.15) is 5.82 Å². The summed E-state index contributed by atoms with van der Waals surface area (Å²) in [6.45, 7) is 7.07. The molecule has 2 rings (SSSR count). The van der Waals surface area contributed by atoms with Crippen LogP contribution in [-0.2, 0) is 13.0 Å². The molecule has 96 valence electrons. The second-order valence-electron chi connectivity index (χ2n) is 4.74. The van der Waals surface area contributed by atoms with E-state index in [1.54, 1.807) is 0 Å². The number of aromatic nitrogens is 3. The molecule has 0 spiro atoms. The van der Waals surface area contributed by atoms with Gasteiger partial charge >= 0.3 is 0 Å². The fraction of sp³-hybridized carbons (Fsp3) is 0.429. The lowest BCUT2D eigenvalue weighted by Gasteiger charge is -2.10. The van der Waals surface area contributed by atoms with Crippen molar-refractivity contribution in [1.29, 1.82) is 0 Å². The highest BCUT2D eigenvalue weighted by atomic mass is 35.5. The van der Waals surface area contributed by atoms with E-state index in [-0.39, 0.29) is 0 Å². The van der Waals surface area contributed by atoms with Crippen LogP contribution in [0, 0.1) is 0 Å². The van der Waals surface area contributed by atoms with Crippen molar-refractivity contribution in [3.63, 3.8) is 0 Å². The average Bonchev–Trinajstić information content (AvgIpc) is 2.72. The second kappa shape index (κ2) is 5.53. The number of hydrogen-bond donors (Lipinski definition) is 0. The van der Waals surface area contributed by atoms with Gasteiger partial charge in [-0.2, -0.15) is 0 Å². The molecule has 0 amide bonds. The molecule has 0 radical (unpaired) electrons. The molecule has 0 aliphatic heterocycles. The smallest absolute Gasteiger partial charge is 0.225 e. The van der Waals surface area contributed by atoms with Gasteiger partial charge in [-0.25, -0.2) is 0 Å². The maximum atomic E-state index is 6.09. The zero-order chi connectivity index (χ0) is 13.1. The summed E-state index contributed by atoms with van der Waals surface area (Å²) in [5.41, 5.74) is 2.56. The van der Waals surface area contributed by atoms with Crippen LogP contribution in [0.25, 0.3) is 0 Å². The highest BCUT2D eigenvalue weighted by Crippen LogP contribution is 2.18. The molecule has 3 nitrogen and oxygen atoms in total. The highest BCUT2D eigenvalue weighted by Gasteiger charge is 2.13. The Morgan fingerprint density at radius 3 is 2.28 bits per heavy atom. The van der Waals surface area contributed by atoms with Gasteiger partial charge in [0, 0.05) is 5.92 Å². The fourth-order valence-electron chi connectivity index (χ4n) is 1.93. The van der Waals surface area contributed by atoms with Gasteiger partial charge in [-0.1, -0.05) is 45.0 Å². The molecular weight excluding hydrogens is 246 g/mol. The first kappa shape index (κ1) is 13.1. The first-order chi connectivity index (χ1) is 8.61.